The molecule has 138 valence electrons. The Balaban J connectivity index is 1.63. The molecule has 2 aromatic carbocycles. The van der Waals surface area contributed by atoms with Gasteiger partial charge in [0.25, 0.3) is 0 Å². The zero-order valence-electron chi connectivity index (χ0n) is 14.5. The summed E-state index contributed by atoms with van der Waals surface area (Å²) in [4.78, 5) is 12.5. The van der Waals surface area contributed by atoms with Gasteiger partial charge in [-0.2, -0.15) is 11.8 Å². The second kappa shape index (κ2) is 9.59. The quantitative estimate of drug-likeness (QED) is 0.782. The lowest BCUT2D eigenvalue weighted by atomic mass is 10.1. The Morgan fingerprint density at radius 2 is 2.00 bits per heavy atom. The zero-order chi connectivity index (χ0) is 18.2. The van der Waals surface area contributed by atoms with Gasteiger partial charge in [0.05, 0.1) is 6.04 Å². The van der Waals surface area contributed by atoms with E-state index < -0.39 is 5.82 Å². The summed E-state index contributed by atoms with van der Waals surface area (Å²) in [6, 6.07) is 15.8. The summed E-state index contributed by atoms with van der Waals surface area (Å²) in [5.74, 6) is 1.77. The first kappa shape index (κ1) is 18.7. The third-order valence-electron chi connectivity index (χ3n) is 4.21. The monoisotopic (exact) mass is 374 g/mol. The lowest BCUT2D eigenvalue weighted by molar-refractivity contribution is -0.122. The largest absolute Gasteiger partial charge is 0.488 e. The van der Waals surface area contributed by atoms with Crippen LogP contribution in [0.15, 0.2) is 54.6 Å². The Hall–Kier alpha value is -2.05. The number of ether oxygens (including phenoxy) is 1. The van der Waals surface area contributed by atoms with Crippen LogP contribution < -0.4 is 15.4 Å². The lowest BCUT2D eigenvalue weighted by Gasteiger charge is -2.25. The van der Waals surface area contributed by atoms with Crippen LogP contribution in [0.1, 0.15) is 18.0 Å². The first-order chi connectivity index (χ1) is 12.7. The SMILES string of the molecule is O=C(CC1CSCCN1)NC(COc1ccccc1F)c1ccccc1. The van der Waals surface area contributed by atoms with Crippen molar-refractivity contribution in [2.45, 2.75) is 18.5 Å². The van der Waals surface area contributed by atoms with E-state index in [-0.39, 0.29) is 30.3 Å². The first-order valence-electron chi connectivity index (χ1n) is 8.75. The molecule has 1 fully saturated rings. The van der Waals surface area contributed by atoms with Crippen molar-refractivity contribution in [1.82, 2.24) is 10.6 Å². The molecule has 1 aliphatic rings. The normalized spacial score (nSPS) is 18.1. The maximum atomic E-state index is 13.8. The standard InChI is InChI=1S/C20H23FN2O2S/c21-17-8-4-5-9-19(17)25-13-18(15-6-2-1-3-7-15)23-20(24)12-16-14-26-11-10-22-16/h1-9,16,18,22H,10-14H2,(H,23,24). The highest BCUT2D eigenvalue weighted by atomic mass is 32.2. The van der Waals surface area contributed by atoms with Crippen molar-refractivity contribution < 1.29 is 13.9 Å². The maximum Gasteiger partial charge on any atom is 0.222 e. The fourth-order valence-corrected chi connectivity index (χ4v) is 3.82. The van der Waals surface area contributed by atoms with Gasteiger partial charge in [0.15, 0.2) is 11.6 Å². The topological polar surface area (TPSA) is 50.4 Å². The minimum Gasteiger partial charge on any atom is -0.488 e. The second-order valence-electron chi connectivity index (χ2n) is 6.20. The van der Waals surface area contributed by atoms with Gasteiger partial charge in [-0.3, -0.25) is 4.79 Å². The number of benzene rings is 2. The minimum absolute atomic E-state index is 0.0315. The highest BCUT2D eigenvalue weighted by Crippen LogP contribution is 2.20. The van der Waals surface area contributed by atoms with Crippen molar-refractivity contribution in [2.75, 3.05) is 24.7 Å². The van der Waals surface area contributed by atoms with Crippen LogP contribution in [0, 0.1) is 5.82 Å². The minimum atomic E-state index is -0.408. The Labute approximate surface area is 157 Å². The number of rotatable bonds is 7. The maximum absolute atomic E-state index is 13.8. The molecule has 0 saturated carbocycles. The van der Waals surface area contributed by atoms with Crippen LogP contribution >= 0.6 is 11.8 Å². The molecule has 0 aliphatic carbocycles. The summed E-state index contributed by atoms with van der Waals surface area (Å²) < 4.78 is 19.4. The van der Waals surface area contributed by atoms with E-state index in [2.05, 4.69) is 10.6 Å². The van der Waals surface area contributed by atoms with Gasteiger partial charge in [-0.05, 0) is 17.7 Å². The lowest BCUT2D eigenvalue weighted by Crippen LogP contribution is -2.42. The smallest absolute Gasteiger partial charge is 0.222 e. The first-order valence-corrected chi connectivity index (χ1v) is 9.90. The molecule has 1 aliphatic heterocycles. The van der Waals surface area contributed by atoms with Crippen molar-refractivity contribution in [2.24, 2.45) is 0 Å². The molecule has 1 amide bonds. The molecule has 2 unspecified atom stereocenters. The second-order valence-corrected chi connectivity index (χ2v) is 7.35. The van der Waals surface area contributed by atoms with Gasteiger partial charge in [0.1, 0.15) is 6.61 Å². The fraction of sp³-hybridized carbons (Fsp3) is 0.350. The number of thioether (sulfide) groups is 1. The van der Waals surface area contributed by atoms with Crippen molar-refractivity contribution in [1.29, 1.82) is 0 Å². The van der Waals surface area contributed by atoms with Gasteiger partial charge in [-0.15, -0.1) is 0 Å². The van der Waals surface area contributed by atoms with Crippen molar-refractivity contribution in [3.63, 3.8) is 0 Å². The van der Waals surface area contributed by atoms with Crippen LogP contribution in [-0.2, 0) is 4.79 Å². The van der Waals surface area contributed by atoms with Crippen LogP contribution in [-0.4, -0.2) is 36.6 Å². The molecule has 1 saturated heterocycles. The van der Waals surface area contributed by atoms with Crippen LogP contribution in [0.3, 0.4) is 0 Å². The summed E-state index contributed by atoms with van der Waals surface area (Å²) in [6.45, 7) is 1.10. The molecule has 2 N–H and O–H groups in total. The number of hydrogen-bond donors (Lipinski definition) is 2. The third-order valence-corrected chi connectivity index (χ3v) is 5.34. The van der Waals surface area contributed by atoms with Gasteiger partial charge in [-0.1, -0.05) is 42.5 Å². The molecule has 3 rings (SSSR count). The van der Waals surface area contributed by atoms with Gasteiger partial charge >= 0.3 is 0 Å². The predicted octanol–water partition coefficient (Wildman–Crippen LogP) is 3.16. The molecule has 2 atom stereocenters. The number of amides is 1. The van der Waals surface area contributed by atoms with Gasteiger partial charge in [-0.25, -0.2) is 4.39 Å². The highest BCUT2D eigenvalue weighted by molar-refractivity contribution is 7.99. The molecule has 4 nitrogen and oxygen atoms in total. The van der Waals surface area contributed by atoms with E-state index in [0.717, 1.165) is 23.6 Å². The molecule has 0 aromatic heterocycles. The van der Waals surface area contributed by atoms with E-state index in [9.17, 15) is 9.18 Å². The number of para-hydroxylation sites is 1. The van der Waals surface area contributed by atoms with Gasteiger partial charge < -0.3 is 15.4 Å². The predicted molar refractivity (Wildman–Crippen MR) is 103 cm³/mol. The Morgan fingerprint density at radius 3 is 2.73 bits per heavy atom. The van der Waals surface area contributed by atoms with E-state index in [4.69, 9.17) is 4.74 Å². The Morgan fingerprint density at radius 1 is 1.23 bits per heavy atom. The summed E-state index contributed by atoms with van der Waals surface area (Å²) in [5, 5.41) is 6.40. The average Bonchev–Trinajstić information content (AvgIpc) is 2.68. The van der Waals surface area contributed by atoms with E-state index in [0.29, 0.717) is 6.42 Å². The summed E-state index contributed by atoms with van der Waals surface area (Å²) >= 11 is 1.86. The third kappa shape index (κ3) is 5.47. The van der Waals surface area contributed by atoms with Gasteiger partial charge in [0, 0.05) is 30.5 Å². The molecule has 0 bridgehead atoms. The van der Waals surface area contributed by atoms with E-state index in [1.54, 1.807) is 18.2 Å². The molecule has 1 heterocycles. The van der Waals surface area contributed by atoms with E-state index in [1.165, 1.54) is 6.07 Å². The van der Waals surface area contributed by atoms with Crippen LogP contribution in [0.4, 0.5) is 4.39 Å². The van der Waals surface area contributed by atoms with Gasteiger partial charge in [0.2, 0.25) is 5.91 Å². The number of nitrogens with one attached hydrogen (secondary N) is 2. The van der Waals surface area contributed by atoms with Crippen molar-refractivity contribution in [3.8, 4) is 5.75 Å². The zero-order valence-corrected chi connectivity index (χ0v) is 15.3. The molecular weight excluding hydrogens is 351 g/mol. The summed E-state index contributed by atoms with van der Waals surface area (Å²) in [6.07, 6.45) is 0.427. The molecule has 6 heteroatoms. The number of carbonyl (C=O) groups excluding carboxylic acids is 1. The Kier molecular flexibility index (Phi) is 6.91. The van der Waals surface area contributed by atoms with E-state index in [1.807, 2.05) is 42.1 Å². The Bertz CT molecular complexity index is 708. The number of hydrogen-bond acceptors (Lipinski definition) is 4. The van der Waals surface area contributed by atoms with Crippen LogP contribution in [0.25, 0.3) is 0 Å². The van der Waals surface area contributed by atoms with Crippen LogP contribution in [0.2, 0.25) is 0 Å². The van der Waals surface area contributed by atoms with E-state index >= 15 is 0 Å². The highest BCUT2D eigenvalue weighted by Gasteiger charge is 2.20. The molecule has 0 radical (unpaired) electrons. The molecule has 26 heavy (non-hydrogen) atoms. The summed E-state index contributed by atoms with van der Waals surface area (Å²) in [5.41, 5.74) is 0.933. The van der Waals surface area contributed by atoms with Crippen LogP contribution in [0.5, 0.6) is 5.75 Å². The van der Waals surface area contributed by atoms with Crippen molar-refractivity contribution >= 4 is 17.7 Å². The fourth-order valence-electron chi connectivity index (χ4n) is 2.87. The number of halogens is 1. The molecule has 0 spiro atoms. The number of carbonyl (C=O) groups is 1. The summed E-state index contributed by atoms with van der Waals surface area (Å²) in [7, 11) is 0. The average molecular weight is 374 g/mol. The molecule has 2 aromatic rings. The molecular formula is C20H23FN2O2S. The van der Waals surface area contributed by atoms with Crippen molar-refractivity contribution in [3.05, 3.63) is 66.0 Å².